The standard InChI is InChI=1S/C14H26N2O/c1-16-9-12(11-3-7-15-8-4-11)13(17)14(10-16)5-2-6-14/h11-13,15,17H,2-10H2,1H3. The number of hydrogen-bond donors (Lipinski definition) is 2. The summed E-state index contributed by atoms with van der Waals surface area (Å²) >= 11 is 0. The van der Waals surface area contributed by atoms with Crippen molar-refractivity contribution in [2.45, 2.75) is 38.2 Å². The SMILES string of the molecule is CN1CC(C2CCNCC2)C(O)C2(CCC2)C1. The molecule has 98 valence electrons. The molecule has 3 aliphatic rings. The zero-order valence-electron chi connectivity index (χ0n) is 11.0. The van der Waals surface area contributed by atoms with Crippen molar-refractivity contribution in [3.05, 3.63) is 0 Å². The van der Waals surface area contributed by atoms with E-state index in [-0.39, 0.29) is 11.5 Å². The average Bonchev–Trinajstić information content (AvgIpc) is 2.31. The monoisotopic (exact) mass is 238 g/mol. The van der Waals surface area contributed by atoms with Gasteiger partial charge in [-0.15, -0.1) is 0 Å². The van der Waals surface area contributed by atoms with Crippen molar-refractivity contribution < 1.29 is 5.11 Å². The molecule has 1 saturated carbocycles. The van der Waals surface area contributed by atoms with Crippen molar-refractivity contribution in [2.24, 2.45) is 17.3 Å². The predicted octanol–water partition coefficient (Wildman–Crippen LogP) is 1.08. The van der Waals surface area contributed by atoms with Crippen LogP contribution in [-0.2, 0) is 0 Å². The van der Waals surface area contributed by atoms with E-state index < -0.39 is 0 Å². The van der Waals surface area contributed by atoms with E-state index in [1.54, 1.807) is 0 Å². The number of piperidine rings is 2. The molecule has 1 spiro atoms. The van der Waals surface area contributed by atoms with Gasteiger partial charge in [0, 0.05) is 24.4 Å². The first kappa shape index (κ1) is 11.9. The van der Waals surface area contributed by atoms with Crippen LogP contribution in [0.25, 0.3) is 0 Å². The summed E-state index contributed by atoms with van der Waals surface area (Å²) in [6.45, 7) is 4.51. The van der Waals surface area contributed by atoms with Crippen LogP contribution in [0.1, 0.15) is 32.1 Å². The topological polar surface area (TPSA) is 35.5 Å². The van der Waals surface area contributed by atoms with Crippen LogP contribution in [0, 0.1) is 17.3 Å². The molecule has 0 aromatic heterocycles. The van der Waals surface area contributed by atoms with Gasteiger partial charge in [0.1, 0.15) is 0 Å². The Bertz CT molecular complexity index is 271. The number of nitrogens with zero attached hydrogens (tertiary/aromatic N) is 1. The molecule has 2 atom stereocenters. The Hall–Kier alpha value is -0.120. The normalized spacial score (nSPS) is 39.2. The second-order valence-corrected chi connectivity index (χ2v) is 6.61. The van der Waals surface area contributed by atoms with Crippen LogP contribution in [-0.4, -0.2) is 49.3 Å². The van der Waals surface area contributed by atoms with E-state index >= 15 is 0 Å². The fourth-order valence-electron chi connectivity index (χ4n) is 4.37. The van der Waals surface area contributed by atoms with Gasteiger partial charge in [-0.05, 0) is 51.7 Å². The van der Waals surface area contributed by atoms with E-state index in [1.807, 2.05) is 0 Å². The highest BCUT2D eigenvalue weighted by Gasteiger charge is 2.51. The van der Waals surface area contributed by atoms with Gasteiger partial charge in [0.2, 0.25) is 0 Å². The van der Waals surface area contributed by atoms with Crippen LogP contribution in [0.2, 0.25) is 0 Å². The summed E-state index contributed by atoms with van der Waals surface area (Å²) in [7, 11) is 2.24. The zero-order chi connectivity index (χ0) is 11.9. The maximum atomic E-state index is 10.8. The van der Waals surface area contributed by atoms with E-state index in [1.165, 1.54) is 32.1 Å². The highest BCUT2D eigenvalue weighted by Crippen LogP contribution is 2.50. The van der Waals surface area contributed by atoms with Gasteiger partial charge >= 0.3 is 0 Å². The largest absolute Gasteiger partial charge is 0.392 e. The Labute approximate surface area is 105 Å². The van der Waals surface area contributed by atoms with Gasteiger partial charge in [0.15, 0.2) is 0 Å². The van der Waals surface area contributed by atoms with Crippen molar-refractivity contribution in [3.63, 3.8) is 0 Å². The Morgan fingerprint density at radius 1 is 1.24 bits per heavy atom. The number of likely N-dealkylation sites (tertiary alicyclic amines) is 1. The van der Waals surface area contributed by atoms with Crippen molar-refractivity contribution in [1.82, 2.24) is 10.2 Å². The molecule has 0 amide bonds. The van der Waals surface area contributed by atoms with Gasteiger partial charge in [-0.3, -0.25) is 0 Å². The lowest BCUT2D eigenvalue weighted by atomic mass is 9.58. The second kappa shape index (κ2) is 4.52. The minimum Gasteiger partial charge on any atom is -0.392 e. The number of hydrogen-bond acceptors (Lipinski definition) is 3. The fourth-order valence-corrected chi connectivity index (χ4v) is 4.37. The molecule has 0 aromatic rings. The van der Waals surface area contributed by atoms with Gasteiger partial charge in [-0.2, -0.15) is 0 Å². The number of rotatable bonds is 1. The number of aliphatic hydroxyl groups excluding tert-OH is 1. The van der Waals surface area contributed by atoms with Crippen LogP contribution in [0.5, 0.6) is 0 Å². The highest BCUT2D eigenvalue weighted by atomic mass is 16.3. The third kappa shape index (κ3) is 2.02. The Morgan fingerprint density at radius 2 is 1.94 bits per heavy atom. The summed E-state index contributed by atoms with van der Waals surface area (Å²) in [5, 5.41) is 14.2. The van der Waals surface area contributed by atoms with E-state index in [0.717, 1.165) is 32.1 Å². The zero-order valence-corrected chi connectivity index (χ0v) is 11.0. The smallest absolute Gasteiger partial charge is 0.0651 e. The minimum atomic E-state index is -0.0319. The van der Waals surface area contributed by atoms with Crippen LogP contribution < -0.4 is 5.32 Å². The molecule has 3 rings (SSSR count). The third-order valence-corrected chi connectivity index (χ3v) is 5.48. The molecular weight excluding hydrogens is 212 g/mol. The molecule has 2 unspecified atom stereocenters. The quantitative estimate of drug-likeness (QED) is 0.717. The first-order chi connectivity index (χ1) is 8.21. The average molecular weight is 238 g/mol. The Kier molecular flexibility index (Phi) is 3.18. The molecule has 0 bridgehead atoms. The maximum Gasteiger partial charge on any atom is 0.0651 e. The third-order valence-electron chi connectivity index (χ3n) is 5.48. The van der Waals surface area contributed by atoms with E-state index in [0.29, 0.717) is 5.92 Å². The van der Waals surface area contributed by atoms with Gasteiger partial charge in [-0.1, -0.05) is 6.42 Å². The molecule has 17 heavy (non-hydrogen) atoms. The van der Waals surface area contributed by atoms with Gasteiger partial charge in [-0.25, -0.2) is 0 Å². The summed E-state index contributed by atoms with van der Waals surface area (Å²) < 4.78 is 0. The van der Waals surface area contributed by atoms with Crippen molar-refractivity contribution in [2.75, 3.05) is 33.2 Å². The molecule has 2 saturated heterocycles. The van der Waals surface area contributed by atoms with Crippen molar-refractivity contribution in [3.8, 4) is 0 Å². The van der Waals surface area contributed by atoms with E-state index in [2.05, 4.69) is 17.3 Å². The van der Waals surface area contributed by atoms with Crippen molar-refractivity contribution >= 4 is 0 Å². The second-order valence-electron chi connectivity index (χ2n) is 6.61. The summed E-state index contributed by atoms with van der Waals surface area (Å²) in [6, 6.07) is 0. The summed E-state index contributed by atoms with van der Waals surface area (Å²) in [5.41, 5.74) is 0.266. The lowest BCUT2D eigenvalue weighted by Gasteiger charge is -2.56. The molecule has 1 aliphatic carbocycles. The Balaban J connectivity index is 1.73. The predicted molar refractivity (Wildman–Crippen MR) is 68.9 cm³/mol. The van der Waals surface area contributed by atoms with Crippen molar-refractivity contribution in [1.29, 1.82) is 0 Å². The molecule has 3 fully saturated rings. The molecular formula is C14H26N2O. The molecule has 3 nitrogen and oxygen atoms in total. The Morgan fingerprint density at radius 3 is 2.53 bits per heavy atom. The van der Waals surface area contributed by atoms with E-state index in [9.17, 15) is 5.11 Å². The van der Waals surface area contributed by atoms with Crippen LogP contribution in [0.15, 0.2) is 0 Å². The first-order valence-corrected chi connectivity index (χ1v) is 7.29. The summed E-state index contributed by atoms with van der Waals surface area (Å²) in [6.07, 6.45) is 6.30. The molecule has 2 N–H and O–H groups in total. The maximum absolute atomic E-state index is 10.8. The van der Waals surface area contributed by atoms with Gasteiger partial charge in [0.05, 0.1) is 6.10 Å². The number of aliphatic hydroxyl groups is 1. The van der Waals surface area contributed by atoms with Crippen LogP contribution in [0.3, 0.4) is 0 Å². The lowest BCUT2D eigenvalue weighted by molar-refractivity contribution is -0.135. The summed E-state index contributed by atoms with van der Waals surface area (Å²) in [5.74, 6) is 1.27. The van der Waals surface area contributed by atoms with Crippen LogP contribution in [0.4, 0.5) is 0 Å². The van der Waals surface area contributed by atoms with Crippen LogP contribution >= 0.6 is 0 Å². The number of nitrogens with one attached hydrogen (secondary N) is 1. The lowest BCUT2D eigenvalue weighted by Crippen LogP contribution is -2.60. The molecule has 3 heteroatoms. The summed E-state index contributed by atoms with van der Waals surface area (Å²) in [4.78, 5) is 2.47. The minimum absolute atomic E-state index is 0.0319. The first-order valence-electron chi connectivity index (χ1n) is 7.29. The van der Waals surface area contributed by atoms with Gasteiger partial charge in [0.25, 0.3) is 0 Å². The molecule has 0 radical (unpaired) electrons. The molecule has 0 aromatic carbocycles. The highest BCUT2D eigenvalue weighted by molar-refractivity contribution is 5.03. The molecule has 2 aliphatic heterocycles. The van der Waals surface area contributed by atoms with Gasteiger partial charge < -0.3 is 15.3 Å². The van der Waals surface area contributed by atoms with E-state index in [4.69, 9.17) is 0 Å². The fraction of sp³-hybridized carbons (Fsp3) is 1.00. The molecule has 2 heterocycles.